The van der Waals surface area contributed by atoms with E-state index in [9.17, 15) is 4.79 Å². The molecule has 5 heteroatoms. The van der Waals surface area contributed by atoms with E-state index in [1.165, 1.54) is 6.20 Å². The van der Waals surface area contributed by atoms with E-state index in [-0.39, 0.29) is 12.1 Å². The third-order valence-corrected chi connectivity index (χ3v) is 2.68. The van der Waals surface area contributed by atoms with Gasteiger partial charge in [0.1, 0.15) is 11.6 Å². The number of nitrogens with one attached hydrogen (secondary N) is 1. The molecule has 1 aromatic carbocycles. The predicted octanol–water partition coefficient (Wildman–Crippen LogP) is 0.828. The lowest BCUT2D eigenvalue weighted by Gasteiger charge is -2.04. The molecule has 2 aromatic rings. The van der Waals surface area contributed by atoms with Crippen LogP contribution in [0.3, 0.4) is 0 Å². The summed E-state index contributed by atoms with van der Waals surface area (Å²) in [5.74, 6) is 1.43. The summed E-state index contributed by atoms with van der Waals surface area (Å²) < 4.78 is 5.08. The molecular weight excluding hydrogens is 230 g/mol. The van der Waals surface area contributed by atoms with Gasteiger partial charge in [-0.3, -0.25) is 4.79 Å². The van der Waals surface area contributed by atoms with Crippen LogP contribution in [0.1, 0.15) is 17.0 Å². The minimum Gasteiger partial charge on any atom is -0.497 e. The number of methoxy groups -OCH3 is 1. The molecule has 1 aromatic heterocycles. The lowest BCUT2D eigenvalue weighted by molar-refractivity contribution is 0.414. The summed E-state index contributed by atoms with van der Waals surface area (Å²) in [5.41, 5.74) is 6.79. The number of benzene rings is 1. The summed E-state index contributed by atoms with van der Waals surface area (Å²) in [6, 6.07) is 7.63. The first-order valence-corrected chi connectivity index (χ1v) is 5.63. The first-order chi connectivity index (χ1) is 8.72. The van der Waals surface area contributed by atoms with E-state index < -0.39 is 0 Å². The smallest absolute Gasteiger partial charge is 0.255 e. The molecule has 0 saturated carbocycles. The van der Waals surface area contributed by atoms with Crippen LogP contribution in [-0.2, 0) is 13.0 Å². The second-order valence-corrected chi connectivity index (χ2v) is 3.91. The Hall–Kier alpha value is -2.14. The number of H-pyrrole nitrogens is 1. The molecule has 0 saturated heterocycles. The molecule has 2 rings (SSSR count). The fourth-order valence-electron chi connectivity index (χ4n) is 1.63. The second-order valence-electron chi connectivity index (χ2n) is 3.91. The molecule has 0 aliphatic heterocycles. The van der Waals surface area contributed by atoms with Crippen LogP contribution in [0.4, 0.5) is 0 Å². The molecule has 94 valence electrons. The maximum atomic E-state index is 11.6. The van der Waals surface area contributed by atoms with Crippen molar-refractivity contribution in [3.05, 3.63) is 57.8 Å². The lowest BCUT2D eigenvalue weighted by Crippen LogP contribution is -2.18. The highest BCUT2D eigenvalue weighted by Crippen LogP contribution is 2.12. The van der Waals surface area contributed by atoms with E-state index in [4.69, 9.17) is 10.5 Å². The summed E-state index contributed by atoms with van der Waals surface area (Å²) >= 11 is 0. The third kappa shape index (κ3) is 2.75. The molecule has 0 aliphatic carbocycles. The molecule has 0 fully saturated rings. The van der Waals surface area contributed by atoms with Gasteiger partial charge in [0.05, 0.1) is 7.11 Å². The Balaban J connectivity index is 2.17. The Bertz CT molecular complexity index is 576. The van der Waals surface area contributed by atoms with Crippen LogP contribution in [-0.4, -0.2) is 17.1 Å². The van der Waals surface area contributed by atoms with E-state index in [0.29, 0.717) is 17.8 Å². The van der Waals surface area contributed by atoms with Gasteiger partial charge in [0, 0.05) is 24.7 Å². The van der Waals surface area contributed by atoms with Gasteiger partial charge in [-0.2, -0.15) is 0 Å². The number of aromatic nitrogens is 2. The van der Waals surface area contributed by atoms with Crippen molar-refractivity contribution in [2.24, 2.45) is 5.73 Å². The van der Waals surface area contributed by atoms with E-state index in [1.54, 1.807) is 7.11 Å². The summed E-state index contributed by atoms with van der Waals surface area (Å²) in [6.07, 6.45) is 2.10. The van der Waals surface area contributed by atoms with Gasteiger partial charge in [0.15, 0.2) is 0 Å². The number of hydrogen-bond donors (Lipinski definition) is 2. The molecule has 0 aliphatic rings. The number of hydrogen-bond acceptors (Lipinski definition) is 4. The summed E-state index contributed by atoms with van der Waals surface area (Å²) in [6.45, 7) is 0.200. The van der Waals surface area contributed by atoms with Crippen molar-refractivity contribution in [1.82, 2.24) is 9.97 Å². The fraction of sp³-hybridized carbons (Fsp3) is 0.231. The highest BCUT2D eigenvalue weighted by Gasteiger charge is 2.02. The number of ether oxygens (including phenoxy) is 1. The van der Waals surface area contributed by atoms with Crippen LogP contribution < -0.4 is 16.0 Å². The molecule has 5 nitrogen and oxygen atoms in total. The topological polar surface area (TPSA) is 81.0 Å². The van der Waals surface area contributed by atoms with Crippen molar-refractivity contribution in [2.45, 2.75) is 13.0 Å². The maximum Gasteiger partial charge on any atom is 0.255 e. The molecule has 18 heavy (non-hydrogen) atoms. The van der Waals surface area contributed by atoms with Gasteiger partial charge >= 0.3 is 0 Å². The van der Waals surface area contributed by atoms with Crippen molar-refractivity contribution >= 4 is 0 Å². The highest BCUT2D eigenvalue weighted by atomic mass is 16.5. The van der Waals surface area contributed by atoms with Gasteiger partial charge in [0.2, 0.25) is 0 Å². The summed E-state index contributed by atoms with van der Waals surface area (Å²) in [7, 11) is 1.62. The third-order valence-electron chi connectivity index (χ3n) is 2.68. The average molecular weight is 245 g/mol. The van der Waals surface area contributed by atoms with Gasteiger partial charge in [-0.25, -0.2) is 4.98 Å². The monoisotopic (exact) mass is 245 g/mol. The molecule has 0 atom stereocenters. The molecular formula is C13H15N3O2. The quantitative estimate of drug-likeness (QED) is 0.836. The van der Waals surface area contributed by atoms with E-state index in [0.717, 1.165) is 11.3 Å². The number of nitrogens with zero attached hydrogens (tertiary/aromatic N) is 1. The van der Waals surface area contributed by atoms with Crippen LogP contribution in [0, 0.1) is 0 Å². The molecule has 1 heterocycles. The molecule has 0 amide bonds. The molecule has 0 unspecified atom stereocenters. The van der Waals surface area contributed by atoms with Crippen LogP contribution >= 0.6 is 0 Å². The molecule has 0 spiro atoms. The summed E-state index contributed by atoms with van der Waals surface area (Å²) in [4.78, 5) is 18.5. The first-order valence-electron chi connectivity index (χ1n) is 5.63. The Morgan fingerprint density at radius 2 is 2.06 bits per heavy atom. The SMILES string of the molecule is COc1ccc(Cc2ncc(CN)c(=O)[nH]2)cc1. The van der Waals surface area contributed by atoms with Crippen molar-refractivity contribution in [3.63, 3.8) is 0 Å². The fourth-order valence-corrected chi connectivity index (χ4v) is 1.63. The van der Waals surface area contributed by atoms with Gasteiger partial charge in [-0.15, -0.1) is 0 Å². The minimum absolute atomic E-state index is 0.170. The minimum atomic E-state index is -0.170. The van der Waals surface area contributed by atoms with E-state index in [1.807, 2.05) is 24.3 Å². The van der Waals surface area contributed by atoms with Crippen molar-refractivity contribution in [3.8, 4) is 5.75 Å². The van der Waals surface area contributed by atoms with Crippen LogP contribution in [0.2, 0.25) is 0 Å². The largest absolute Gasteiger partial charge is 0.497 e. The van der Waals surface area contributed by atoms with Crippen molar-refractivity contribution < 1.29 is 4.74 Å². The van der Waals surface area contributed by atoms with Crippen molar-refractivity contribution in [2.75, 3.05) is 7.11 Å². The number of rotatable bonds is 4. The van der Waals surface area contributed by atoms with Crippen LogP contribution in [0.5, 0.6) is 5.75 Å². The first kappa shape index (κ1) is 12.3. The summed E-state index contributed by atoms with van der Waals surface area (Å²) in [5, 5.41) is 0. The normalized spacial score (nSPS) is 10.3. The van der Waals surface area contributed by atoms with Gasteiger partial charge in [-0.1, -0.05) is 12.1 Å². The maximum absolute atomic E-state index is 11.6. The molecule has 0 bridgehead atoms. The Kier molecular flexibility index (Phi) is 3.74. The van der Waals surface area contributed by atoms with Crippen molar-refractivity contribution in [1.29, 1.82) is 0 Å². The average Bonchev–Trinajstić information content (AvgIpc) is 2.40. The zero-order chi connectivity index (χ0) is 13.0. The van der Waals surface area contributed by atoms with Crippen LogP contribution in [0.15, 0.2) is 35.3 Å². The Morgan fingerprint density at radius 1 is 1.33 bits per heavy atom. The van der Waals surface area contributed by atoms with Gasteiger partial charge < -0.3 is 15.5 Å². The van der Waals surface area contributed by atoms with Crippen LogP contribution in [0.25, 0.3) is 0 Å². The zero-order valence-corrected chi connectivity index (χ0v) is 10.1. The second kappa shape index (κ2) is 5.46. The number of nitrogens with two attached hydrogens (primary N) is 1. The van der Waals surface area contributed by atoms with E-state index in [2.05, 4.69) is 9.97 Å². The highest BCUT2D eigenvalue weighted by molar-refractivity contribution is 5.28. The predicted molar refractivity (Wildman–Crippen MR) is 68.5 cm³/mol. The van der Waals surface area contributed by atoms with E-state index >= 15 is 0 Å². The Morgan fingerprint density at radius 3 is 2.61 bits per heavy atom. The molecule has 3 N–H and O–H groups in total. The van der Waals surface area contributed by atoms with Gasteiger partial charge in [-0.05, 0) is 17.7 Å². The standard InChI is InChI=1S/C13H15N3O2/c1-18-11-4-2-9(3-5-11)6-12-15-8-10(7-14)13(17)16-12/h2-5,8H,6-7,14H2,1H3,(H,15,16,17). The Labute approximate surface area is 105 Å². The lowest BCUT2D eigenvalue weighted by atomic mass is 10.1. The molecule has 0 radical (unpaired) electrons. The number of aromatic amines is 1. The zero-order valence-electron chi connectivity index (χ0n) is 10.1. The van der Waals surface area contributed by atoms with Gasteiger partial charge in [0.25, 0.3) is 5.56 Å².